The van der Waals surface area contributed by atoms with E-state index in [0.717, 1.165) is 34.3 Å². The van der Waals surface area contributed by atoms with E-state index in [0.29, 0.717) is 24.9 Å². The zero-order valence-corrected chi connectivity index (χ0v) is 20.3. The van der Waals surface area contributed by atoms with Crippen molar-refractivity contribution in [3.8, 4) is 0 Å². The quantitative estimate of drug-likeness (QED) is 0.419. The molecule has 5 nitrogen and oxygen atoms in total. The normalized spacial score (nSPS) is 12.3. The van der Waals surface area contributed by atoms with Crippen LogP contribution in [0.4, 0.5) is 16.4 Å². The second-order valence-corrected chi connectivity index (χ2v) is 9.98. The van der Waals surface area contributed by atoms with Crippen LogP contribution in [0.5, 0.6) is 0 Å². The fraction of sp³-hybridized carbons (Fsp3) is 0.583. The molecule has 1 heterocycles. The summed E-state index contributed by atoms with van der Waals surface area (Å²) < 4.78 is 5.14. The highest BCUT2D eigenvalue weighted by molar-refractivity contribution is 7.15. The summed E-state index contributed by atoms with van der Waals surface area (Å²) in [7, 11) is 0. The fourth-order valence-corrected chi connectivity index (χ4v) is 4.22. The van der Waals surface area contributed by atoms with Crippen molar-refractivity contribution in [1.29, 1.82) is 0 Å². The molecular formula is C24H37N3O2S. The maximum Gasteiger partial charge on any atom is 0.306 e. The minimum Gasteiger partial charge on any atom is -0.466 e. The van der Waals surface area contributed by atoms with Gasteiger partial charge in [-0.1, -0.05) is 40.7 Å². The van der Waals surface area contributed by atoms with E-state index >= 15 is 0 Å². The monoisotopic (exact) mass is 431 g/mol. The lowest BCUT2D eigenvalue weighted by molar-refractivity contribution is -0.143. The Hall–Kier alpha value is -2.08. The van der Waals surface area contributed by atoms with Gasteiger partial charge in [-0.3, -0.25) is 4.79 Å². The summed E-state index contributed by atoms with van der Waals surface area (Å²) in [4.78, 5) is 18.8. The Labute approximate surface area is 185 Å². The van der Waals surface area contributed by atoms with Gasteiger partial charge in [0.1, 0.15) is 5.00 Å². The number of esters is 1. The third-order valence-electron chi connectivity index (χ3n) is 4.76. The molecule has 1 N–H and O–H groups in total. The molecule has 0 aliphatic rings. The predicted molar refractivity (Wildman–Crippen MR) is 128 cm³/mol. The molecule has 2 aromatic rings. The molecule has 2 rings (SSSR count). The molecule has 30 heavy (non-hydrogen) atoms. The van der Waals surface area contributed by atoms with Crippen LogP contribution in [-0.4, -0.2) is 30.6 Å². The first-order valence-corrected chi connectivity index (χ1v) is 11.7. The van der Waals surface area contributed by atoms with Gasteiger partial charge in [0.15, 0.2) is 0 Å². The van der Waals surface area contributed by atoms with Gasteiger partial charge >= 0.3 is 5.97 Å². The van der Waals surface area contributed by atoms with Crippen LogP contribution in [0.2, 0.25) is 0 Å². The van der Waals surface area contributed by atoms with Crippen LogP contribution in [0.25, 0.3) is 0 Å². The summed E-state index contributed by atoms with van der Waals surface area (Å²) in [6, 6.07) is 6.52. The van der Waals surface area contributed by atoms with E-state index in [9.17, 15) is 4.79 Å². The number of rotatable bonds is 11. The zero-order valence-electron chi connectivity index (χ0n) is 19.5. The van der Waals surface area contributed by atoms with Crippen molar-refractivity contribution >= 4 is 33.7 Å². The van der Waals surface area contributed by atoms with Gasteiger partial charge in [-0.25, -0.2) is 4.98 Å². The Balaban J connectivity index is 2.39. The number of aryl methyl sites for hydroxylation is 1. The number of nitrogens with one attached hydrogen (secondary N) is 1. The first kappa shape index (κ1) is 24.2. The zero-order chi connectivity index (χ0) is 22.3. The van der Waals surface area contributed by atoms with E-state index in [-0.39, 0.29) is 11.9 Å². The van der Waals surface area contributed by atoms with Crippen molar-refractivity contribution in [2.45, 2.75) is 60.8 Å². The minimum atomic E-state index is -0.150. The van der Waals surface area contributed by atoms with Crippen LogP contribution in [-0.2, 0) is 9.53 Å². The lowest BCUT2D eigenvalue weighted by atomic mass is 9.96. The molecule has 166 valence electrons. The molecule has 0 aliphatic heterocycles. The van der Waals surface area contributed by atoms with Crippen molar-refractivity contribution < 1.29 is 9.53 Å². The second-order valence-electron chi connectivity index (χ2n) is 8.75. The Bertz CT molecular complexity index is 807. The molecule has 0 radical (unpaired) electrons. The number of anilines is 3. The first-order valence-electron chi connectivity index (χ1n) is 10.9. The lowest BCUT2D eigenvalue weighted by Crippen LogP contribution is -2.31. The van der Waals surface area contributed by atoms with Gasteiger partial charge in [-0.05, 0) is 49.3 Å². The van der Waals surface area contributed by atoms with Gasteiger partial charge in [-0.2, -0.15) is 0 Å². The molecule has 6 heteroatoms. The average molecular weight is 432 g/mol. The molecule has 1 atom stereocenters. The first-order chi connectivity index (χ1) is 14.2. The smallest absolute Gasteiger partial charge is 0.306 e. The topological polar surface area (TPSA) is 54.5 Å². The fourth-order valence-electron chi connectivity index (χ4n) is 3.53. The van der Waals surface area contributed by atoms with Crippen LogP contribution in [0.3, 0.4) is 0 Å². The predicted octanol–water partition coefficient (Wildman–Crippen LogP) is 6.37. The van der Waals surface area contributed by atoms with Crippen molar-refractivity contribution in [1.82, 2.24) is 4.98 Å². The highest BCUT2D eigenvalue weighted by Crippen LogP contribution is 2.35. The number of hydrogen-bond donors (Lipinski definition) is 1. The second kappa shape index (κ2) is 11.3. The lowest BCUT2D eigenvalue weighted by Gasteiger charge is -2.31. The van der Waals surface area contributed by atoms with Crippen molar-refractivity contribution in [2.24, 2.45) is 11.8 Å². The number of nitrogens with zero attached hydrogens (tertiary/aromatic N) is 2. The number of carbonyl (C=O) groups is 1. The summed E-state index contributed by atoms with van der Waals surface area (Å²) in [6.07, 6.45) is 2.27. The van der Waals surface area contributed by atoms with Crippen LogP contribution >= 0.6 is 11.3 Å². The van der Waals surface area contributed by atoms with E-state index in [2.05, 4.69) is 68.0 Å². The molecule has 0 aliphatic carbocycles. The Morgan fingerprint density at radius 1 is 1.17 bits per heavy atom. The summed E-state index contributed by atoms with van der Waals surface area (Å²) in [5.74, 6) is 1.06. The number of ether oxygens (including phenoxy) is 1. The molecule has 0 spiro atoms. The van der Waals surface area contributed by atoms with Crippen LogP contribution < -0.4 is 10.2 Å². The Morgan fingerprint density at radius 2 is 1.83 bits per heavy atom. The van der Waals surface area contributed by atoms with E-state index in [1.54, 1.807) is 11.3 Å². The van der Waals surface area contributed by atoms with Gasteiger partial charge in [0.2, 0.25) is 0 Å². The molecule has 0 saturated heterocycles. The SMILES string of the molecule is CCOC(=O)CC(C)c1ccc(N(CC(C)C)CC(C)C)c(Nc2cnc(C)s2)c1. The van der Waals surface area contributed by atoms with Crippen LogP contribution in [0.15, 0.2) is 24.4 Å². The molecule has 1 aromatic carbocycles. The third-order valence-corrected chi connectivity index (χ3v) is 5.59. The van der Waals surface area contributed by atoms with Gasteiger partial charge in [0.05, 0.1) is 35.6 Å². The van der Waals surface area contributed by atoms with Gasteiger partial charge in [0, 0.05) is 13.1 Å². The van der Waals surface area contributed by atoms with Gasteiger partial charge < -0.3 is 15.0 Å². The summed E-state index contributed by atoms with van der Waals surface area (Å²) in [5.41, 5.74) is 3.38. The number of carbonyl (C=O) groups excluding carboxylic acids is 1. The van der Waals surface area contributed by atoms with Crippen LogP contribution in [0.1, 0.15) is 64.5 Å². The van der Waals surface area contributed by atoms with Gasteiger partial charge in [-0.15, -0.1) is 11.3 Å². The highest BCUT2D eigenvalue weighted by Gasteiger charge is 2.19. The average Bonchev–Trinajstić information content (AvgIpc) is 3.05. The molecule has 1 unspecified atom stereocenters. The molecule has 0 amide bonds. The third kappa shape index (κ3) is 7.31. The maximum atomic E-state index is 12.0. The number of aromatic nitrogens is 1. The molecule has 1 aromatic heterocycles. The molecular weight excluding hydrogens is 394 g/mol. The standard InChI is InChI=1S/C24H37N3O2S/c1-8-29-24(28)11-18(6)20-9-10-22(27(14-16(2)3)15-17(4)5)21(12-20)26-23-13-25-19(7)30-23/h9-10,12-13,16-18,26H,8,11,14-15H2,1-7H3. The largest absolute Gasteiger partial charge is 0.466 e. The number of benzene rings is 1. The van der Waals surface area contributed by atoms with Crippen LogP contribution in [0, 0.1) is 18.8 Å². The molecule has 0 fully saturated rings. The van der Waals surface area contributed by atoms with E-state index < -0.39 is 0 Å². The summed E-state index contributed by atoms with van der Waals surface area (Å²) in [5, 5.41) is 5.65. The minimum absolute atomic E-state index is 0.0884. The Morgan fingerprint density at radius 3 is 2.37 bits per heavy atom. The van der Waals surface area contributed by atoms with E-state index in [1.807, 2.05) is 20.0 Å². The molecule has 0 saturated carbocycles. The van der Waals surface area contributed by atoms with E-state index in [4.69, 9.17) is 4.74 Å². The van der Waals surface area contributed by atoms with Crippen molar-refractivity contribution in [2.75, 3.05) is 29.9 Å². The number of thiazole rings is 1. The van der Waals surface area contributed by atoms with Gasteiger partial charge in [0.25, 0.3) is 0 Å². The Kier molecular flexibility index (Phi) is 9.15. The number of hydrogen-bond acceptors (Lipinski definition) is 6. The highest BCUT2D eigenvalue weighted by atomic mass is 32.1. The summed E-state index contributed by atoms with van der Waals surface area (Å²) >= 11 is 1.65. The maximum absolute atomic E-state index is 12.0. The summed E-state index contributed by atoms with van der Waals surface area (Å²) in [6.45, 7) is 17.3. The van der Waals surface area contributed by atoms with Crippen molar-refractivity contribution in [3.63, 3.8) is 0 Å². The molecule has 0 bridgehead atoms. The van der Waals surface area contributed by atoms with Crippen molar-refractivity contribution in [3.05, 3.63) is 35.0 Å². The van der Waals surface area contributed by atoms with E-state index in [1.165, 1.54) is 5.69 Å².